The Morgan fingerprint density at radius 3 is 1.86 bits per heavy atom. The molecule has 0 aliphatic heterocycles. The Bertz CT molecular complexity index is 419. The number of hydrogen-bond acceptors (Lipinski definition) is 2. The van der Waals surface area contributed by atoms with Gasteiger partial charge in [0.2, 0.25) is 0 Å². The van der Waals surface area contributed by atoms with Gasteiger partial charge in [0.1, 0.15) is 0 Å². The van der Waals surface area contributed by atoms with Crippen LogP contribution in [0, 0.1) is 33.3 Å². The van der Waals surface area contributed by atoms with Crippen molar-refractivity contribution < 1.29 is 43.8 Å². The molecule has 0 amide bonds. The van der Waals surface area contributed by atoms with Gasteiger partial charge < -0.3 is 0 Å². The normalized spacial score (nSPS) is 6.32. The molecule has 22 heavy (non-hydrogen) atoms. The van der Waals surface area contributed by atoms with Crippen LogP contribution >= 0.6 is 11.3 Å². The summed E-state index contributed by atoms with van der Waals surface area (Å²) < 4.78 is 43.6. The molecule has 0 aliphatic carbocycles. The van der Waals surface area contributed by atoms with E-state index in [0.29, 0.717) is 6.61 Å². The van der Waals surface area contributed by atoms with Crippen molar-refractivity contribution in [1.82, 2.24) is 0 Å². The first-order chi connectivity index (χ1) is 10.8. The van der Waals surface area contributed by atoms with Gasteiger partial charge in [-0.1, -0.05) is 0 Å². The first-order valence-electron chi connectivity index (χ1n) is 4.73. The van der Waals surface area contributed by atoms with Gasteiger partial charge >= 0.3 is 141 Å². The van der Waals surface area contributed by atoms with E-state index >= 15 is 0 Å². The fourth-order valence-electron chi connectivity index (χ4n) is 0.727. The third-order valence-corrected chi connectivity index (χ3v) is 2.45. The molecule has 0 saturated heterocycles. The number of hydrogen-bond donors (Lipinski definition) is 0. The van der Waals surface area contributed by atoms with Gasteiger partial charge in [0.15, 0.2) is 0 Å². The second-order valence-corrected chi connectivity index (χ2v) is 3.71. The fraction of sp³-hybridized carbons (Fsp3) is 0.143. The van der Waals surface area contributed by atoms with Crippen LogP contribution in [0.15, 0.2) is 23.6 Å². The fourth-order valence-corrected chi connectivity index (χ4v) is 1.63. The molecule has 0 unspecified atom stereocenters. The average Bonchev–Trinajstić information content (AvgIpc) is 3.16. The molecule has 0 saturated carbocycles. The van der Waals surface area contributed by atoms with E-state index in [9.17, 15) is 0 Å². The second-order valence-electron chi connectivity index (χ2n) is 2.10. The van der Waals surface area contributed by atoms with Crippen molar-refractivity contribution in [3.63, 3.8) is 0 Å². The average molecular weight is 358 g/mol. The van der Waals surface area contributed by atoms with Crippen LogP contribution in [0.5, 0.6) is 0 Å². The van der Waals surface area contributed by atoms with Crippen LogP contribution < -0.4 is 0 Å². The summed E-state index contributed by atoms with van der Waals surface area (Å²) in [6.07, 6.45) is 3.97. The Balaban J connectivity index is -0.0000000822. The van der Waals surface area contributed by atoms with Crippen LogP contribution in [0.25, 0.3) is 6.08 Å². The van der Waals surface area contributed by atoms with Crippen molar-refractivity contribution in [3.8, 4) is 0 Å². The zero-order chi connectivity index (χ0) is 18.8. The van der Waals surface area contributed by atoms with Gasteiger partial charge in [-0.2, -0.15) is 0 Å². The summed E-state index contributed by atoms with van der Waals surface area (Å²) in [5.74, 6) is 0. The molecule has 0 radical (unpaired) electrons. The van der Waals surface area contributed by atoms with Crippen molar-refractivity contribution in [2.45, 2.75) is 6.92 Å². The molecule has 0 atom stereocenters. The van der Waals surface area contributed by atoms with Gasteiger partial charge in [-0.15, -0.1) is 0 Å². The van der Waals surface area contributed by atoms with Gasteiger partial charge in [-0.3, -0.25) is 0 Å². The maximum absolute atomic E-state index is 7.50. The molecule has 0 fully saturated rings. The van der Waals surface area contributed by atoms with Crippen LogP contribution in [-0.2, 0) is 43.8 Å². The first kappa shape index (κ1) is 32.4. The second kappa shape index (κ2) is 42.7. The van der Waals surface area contributed by atoms with E-state index in [-0.39, 0.29) is 0 Å². The number of rotatable bonds is 4. The zero-order valence-corrected chi connectivity index (χ0v) is 13.5. The molecule has 1 rings (SSSR count). The summed E-state index contributed by atoms with van der Waals surface area (Å²) in [7, 11) is 0. The van der Waals surface area contributed by atoms with Crippen molar-refractivity contribution in [2.24, 2.45) is 0 Å². The molecular formula is C14H10CrO6S. The van der Waals surface area contributed by atoms with E-state index in [1.165, 1.54) is 4.88 Å². The van der Waals surface area contributed by atoms with E-state index in [4.69, 9.17) is 28.0 Å². The molecule has 0 aromatic carbocycles. The molecule has 0 spiro atoms. The van der Waals surface area contributed by atoms with E-state index in [1.54, 1.807) is 11.3 Å². The van der Waals surface area contributed by atoms with Gasteiger partial charge in [0, 0.05) is 0 Å². The molecular weight excluding hydrogens is 348 g/mol. The predicted octanol–water partition coefficient (Wildman–Crippen LogP) is 2.29. The summed E-state index contributed by atoms with van der Waals surface area (Å²) in [5.41, 5.74) is 0. The van der Waals surface area contributed by atoms with E-state index < -0.39 is 0 Å². The van der Waals surface area contributed by atoms with Gasteiger partial charge in [0.25, 0.3) is 0 Å². The van der Waals surface area contributed by atoms with Crippen molar-refractivity contribution >= 4 is 22.0 Å². The molecule has 8 heteroatoms. The van der Waals surface area contributed by atoms with Crippen LogP contribution in [0.1, 0.15) is 11.8 Å². The molecule has 6 nitrogen and oxygen atoms in total. The Kier molecular flexibility index (Phi) is 63.0. The monoisotopic (exact) mass is 358 g/mol. The zero-order valence-electron chi connectivity index (χ0n) is 11.4. The summed E-state index contributed by atoms with van der Waals surface area (Å²) >= 11 is 4.57. The minimum absolute atomic E-state index is 0.705. The molecule has 1 aromatic rings. The molecule has 0 bridgehead atoms. The molecule has 0 aliphatic rings. The molecule has 1 aromatic heterocycles. The topological polar surface area (TPSA) is 109 Å². The number of ether oxygens (including phenoxy) is 1. The van der Waals surface area contributed by atoms with Crippen molar-refractivity contribution in [1.29, 1.82) is 0 Å². The van der Waals surface area contributed by atoms with Crippen LogP contribution in [0.4, 0.5) is 0 Å². The van der Waals surface area contributed by atoms with Crippen LogP contribution in [0.3, 0.4) is 0 Å². The van der Waals surface area contributed by atoms with Crippen LogP contribution in [0.2, 0.25) is 0 Å². The van der Waals surface area contributed by atoms with E-state index in [0.717, 1.165) is 4.57 Å². The Hall–Kier alpha value is -1.50. The van der Waals surface area contributed by atoms with Crippen LogP contribution in [-0.4, -0.2) is 11.2 Å². The molecule has 0 N–H and O–H groups in total. The van der Waals surface area contributed by atoms with E-state index in [2.05, 4.69) is 60.5 Å². The minimum atomic E-state index is 0.705. The third kappa shape index (κ3) is 31.1. The van der Waals surface area contributed by atoms with Gasteiger partial charge in [-0.05, 0) is 0 Å². The molecule has 114 valence electrons. The van der Waals surface area contributed by atoms with Crippen molar-refractivity contribution in [2.75, 3.05) is 6.61 Å². The number of thiophene rings is 1. The SMILES string of the molecule is CCO[C](=[Cr])/C=C/c1cccs1.[C-]#[O+].[C-]#[O+].[C-]#[O+].[C-]#[O+].[C-]#[O+]. The van der Waals surface area contributed by atoms with Gasteiger partial charge in [0.05, 0.1) is 0 Å². The Morgan fingerprint density at radius 1 is 1.09 bits per heavy atom. The quantitative estimate of drug-likeness (QED) is 0.597. The predicted molar refractivity (Wildman–Crippen MR) is 69.6 cm³/mol. The maximum atomic E-state index is 7.50. The van der Waals surface area contributed by atoms with E-state index in [1.807, 2.05) is 25.1 Å². The van der Waals surface area contributed by atoms with Gasteiger partial charge in [-0.25, -0.2) is 0 Å². The summed E-state index contributed by atoms with van der Waals surface area (Å²) in [6.45, 7) is 25.2. The summed E-state index contributed by atoms with van der Waals surface area (Å²) in [6, 6.07) is 4.10. The molecule has 1 heterocycles. The first-order valence-corrected chi connectivity index (χ1v) is 6.25. The Labute approximate surface area is 141 Å². The summed E-state index contributed by atoms with van der Waals surface area (Å²) in [4.78, 5) is 1.24. The summed E-state index contributed by atoms with van der Waals surface area (Å²) in [5, 5.41) is 2.05. The Morgan fingerprint density at radius 2 is 1.55 bits per heavy atom. The standard InChI is InChI=1S/C9H10OS.5CO.Cr/c1-2-10-7-3-5-9-6-4-8-11-9;5*1-2;/h3-6,8H,2H2,1H3;;;;;;/b5-3+;;;;;;. The van der Waals surface area contributed by atoms with Crippen molar-refractivity contribution in [3.05, 3.63) is 61.7 Å². The third-order valence-electron chi connectivity index (χ3n) is 1.21.